The molecule has 2 heterocycles. The fourth-order valence-electron chi connectivity index (χ4n) is 3.41. The lowest BCUT2D eigenvalue weighted by molar-refractivity contribution is -0.149. The fourth-order valence-corrected chi connectivity index (χ4v) is 4.56. The maximum atomic E-state index is 12.2. The number of hydrogen-bond acceptors (Lipinski definition) is 6. The highest BCUT2D eigenvalue weighted by molar-refractivity contribution is 7.14. The molecule has 1 aromatic rings. The molecule has 0 spiro atoms. The lowest BCUT2D eigenvalue weighted by atomic mass is 9.97. The van der Waals surface area contributed by atoms with Crippen LogP contribution in [0.15, 0.2) is 6.07 Å². The number of ether oxygens (including phenoxy) is 2. The third kappa shape index (κ3) is 4.21. The molecule has 0 N–H and O–H groups in total. The van der Waals surface area contributed by atoms with Crippen LogP contribution in [0, 0.1) is 5.92 Å². The molecule has 0 atom stereocenters. The van der Waals surface area contributed by atoms with E-state index in [-0.39, 0.29) is 24.4 Å². The zero-order valence-corrected chi connectivity index (χ0v) is 15.2. The quantitative estimate of drug-likeness (QED) is 0.765. The first kappa shape index (κ1) is 17.9. The highest BCUT2D eigenvalue weighted by Gasteiger charge is 2.28. The minimum Gasteiger partial charge on any atom is -0.469 e. The predicted molar refractivity (Wildman–Crippen MR) is 92.6 cm³/mol. The molecule has 1 aliphatic carbocycles. The first-order valence-corrected chi connectivity index (χ1v) is 9.54. The van der Waals surface area contributed by atoms with Crippen molar-refractivity contribution >= 4 is 29.2 Å². The summed E-state index contributed by atoms with van der Waals surface area (Å²) < 4.78 is 9.94. The second-order valence-electron chi connectivity index (χ2n) is 6.52. The summed E-state index contributed by atoms with van der Waals surface area (Å²) in [5.41, 5.74) is 1.25. The molecule has 1 amide bonds. The first-order chi connectivity index (χ1) is 12.1. The van der Waals surface area contributed by atoms with Gasteiger partial charge in [0.05, 0.1) is 13.0 Å². The molecule has 0 saturated carbocycles. The third-order valence-corrected chi connectivity index (χ3v) is 6.12. The Morgan fingerprint density at radius 3 is 2.60 bits per heavy atom. The van der Waals surface area contributed by atoms with Crippen LogP contribution >= 0.6 is 11.3 Å². The monoisotopic (exact) mass is 365 g/mol. The van der Waals surface area contributed by atoms with Crippen molar-refractivity contribution in [2.45, 2.75) is 38.5 Å². The number of thiophene rings is 1. The Kier molecular flexibility index (Phi) is 5.73. The van der Waals surface area contributed by atoms with Gasteiger partial charge in [-0.25, -0.2) is 4.79 Å². The number of hydrogen-bond donors (Lipinski definition) is 0. The van der Waals surface area contributed by atoms with Crippen LogP contribution in [-0.4, -0.2) is 49.6 Å². The minimum atomic E-state index is -0.419. The van der Waals surface area contributed by atoms with Gasteiger partial charge in [-0.05, 0) is 50.2 Å². The van der Waals surface area contributed by atoms with E-state index in [1.165, 1.54) is 35.3 Å². The molecule has 6 nitrogen and oxygen atoms in total. The van der Waals surface area contributed by atoms with Gasteiger partial charge in [0.15, 0.2) is 6.61 Å². The van der Waals surface area contributed by atoms with Crippen LogP contribution in [0.1, 0.15) is 45.8 Å². The summed E-state index contributed by atoms with van der Waals surface area (Å²) in [5.74, 6) is -0.996. The van der Waals surface area contributed by atoms with Crippen LogP contribution < -0.4 is 0 Å². The molecule has 2 aliphatic rings. The average Bonchev–Trinajstić information content (AvgIpc) is 3.09. The van der Waals surface area contributed by atoms with E-state index in [1.54, 1.807) is 4.90 Å². The van der Waals surface area contributed by atoms with Crippen molar-refractivity contribution in [1.82, 2.24) is 4.90 Å². The Labute approximate surface area is 151 Å². The van der Waals surface area contributed by atoms with Crippen molar-refractivity contribution in [2.24, 2.45) is 5.92 Å². The minimum absolute atomic E-state index is 0.144. The second kappa shape index (κ2) is 7.99. The Morgan fingerprint density at radius 2 is 1.92 bits per heavy atom. The number of rotatable bonds is 4. The number of piperidine rings is 1. The highest BCUT2D eigenvalue weighted by Crippen LogP contribution is 2.30. The van der Waals surface area contributed by atoms with Crippen LogP contribution in [0.25, 0.3) is 0 Å². The number of amides is 1. The van der Waals surface area contributed by atoms with Crippen molar-refractivity contribution < 1.29 is 23.9 Å². The van der Waals surface area contributed by atoms with E-state index in [4.69, 9.17) is 9.47 Å². The lowest BCUT2D eigenvalue weighted by Crippen LogP contribution is -2.42. The Balaban J connectivity index is 1.47. The van der Waals surface area contributed by atoms with E-state index < -0.39 is 5.97 Å². The van der Waals surface area contributed by atoms with Gasteiger partial charge in [-0.3, -0.25) is 9.59 Å². The Hall–Kier alpha value is -1.89. The van der Waals surface area contributed by atoms with Crippen LogP contribution in [0.4, 0.5) is 0 Å². The molecule has 0 radical (unpaired) electrons. The van der Waals surface area contributed by atoms with Crippen molar-refractivity contribution in [1.29, 1.82) is 0 Å². The van der Waals surface area contributed by atoms with E-state index in [9.17, 15) is 14.4 Å². The summed E-state index contributed by atoms with van der Waals surface area (Å²) in [7, 11) is 1.38. The van der Waals surface area contributed by atoms with Gasteiger partial charge >= 0.3 is 11.9 Å². The topological polar surface area (TPSA) is 72.9 Å². The van der Waals surface area contributed by atoms with Gasteiger partial charge in [0, 0.05) is 18.0 Å². The lowest BCUT2D eigenvalue weighted by Gasteiger charge is -2.30. The third-order valence-electron chi connectivity index (χ3n) is 4.91. The van der Waals surface area contributed by atoms with Gasteiger partial charge in [-0.15, -0.1) is 11.3 Å². The standard InChI is InChI=1S/C18H23NO5S/c1-23-17(21)12-6-8-19(9-7-12)16(20)11-24-18(22)15-10-13-4-2-3-5-14(13)25-15/h10,12H,2-9,11H2,1H3. The maximum Gasteiger partial charge on any atom is 0.348 e. The van der Waals surface area contributed by atoms with Crippen LogP contribution in [0.5, 0.6) is 0 Å². The number of carbonyl (C=O) groups is 3. The number of aryl methyl sites for hydroxylation is 2. The van der Waals surface area contributed by atoms with E-state index in [2.05, 4.69) is 0 Å². The summed E-state index contributed by atoms with van der Waals surface area (Å²) in [6.07, 6.45) is 5.56. The van der Waals surface area contributed by atoms with Crippen LogP contribution in [-0.2, 0) is 31.9 Å². The van der Waals surface area contributed by atoms with Crippen molar-refractivity contribution in [3.8, 4) is 0 Å². The average molecular weight is 365 g/mol. The van der Waals surface area contributed by atoms with Gasteiger partial charge in [-0.2, -0.15) is 0 Å². The molecule has 7 heteroatoms. The van der Waals surface area contributed by atoms with Crippen LogP contribution in [0.3, 0.4) is 0 Å². The molecule has 25 heavy (non-hydrogen) atoms. The smallest absolute Gasteiger partial charge is 0.348 e. The van der Waals surface area contributed by atoms with Gasteiger partial charge in [0.25, 0.3) is 5.91 Å². The molecule has 0 unspecified atom stereocenters. The number of methoxy groups -OCH3 is 1. The first-order valence-electron chi connectivity index (χ1n) is 8.73. The fraction of sp³-hybridized carbons (Fsp3) is 0.611. The Bertz CT molecular complexity index is 637. The SMILES string of the molecule is COC(=O)C1CCN(C(=O)COC(=O)c2cc3c(s2)CCCC3)CC1. The summed E-state index contributed by atoms with van der Waals surface area (Å²) >= 11 is 1.49. The van der Waals surface area contributed by atoms with Crippen molar-refractivity contribution in [3.63, 3.8) is 0 Å². The molecule has 3 rings (SSSR count). The van der Waals surface area contributed by atoms with Crippen LogP contribution in [0.2, 0.25) is 0 Å². The molecule has 1 fully saturated rings. The van der Waals surface area contributed by atoms with Gasteiger partial charge in [0.2, 0.25) is 0 Å². The predicted octanol–water partition coefficient (Wildman–Crippen LogP) is 2.20. The van der Waals surface area contributed by atoms with Crippen molar-refractivity contribution in [2.75, 3.05) is 26.8 Å². The summed E-state index contributed by atoms with van der Waals surface area (Å²) in [6.45, 7) is 0.733. The Morgan fingerprint density at radius 1 is 1.20 bits per heavy atom. The van der Waals surface area contributed by atoms with E-state index in [1.807, 2.05) is 6.07 Å². The maximum absolute atomic E-state index is 12.2. The normalized spacial score (nSPS) is 17.7. The molecular formula is C18H23NO5S. The van der Waals surface area contributed by atoms with Gasteiger partial charge in [-0.1, -0.05) is 0 Å². The zero-order valence-electron chi connectivity index (χ0n) is 14.4. The molecule has 1 aliphatic heterocycles. The summed E-state index contributed by atoms with van der Waals surface area (Å²) in [6, 6.07) is 1.91. The van der Waals surface area contributed by atoms with E-state index in [0.29, 0.717) is 30.8 Å². The van der Waals surface area contributed by atoms with E-state index >= 15 is 0 Å². The van der Waals surface area contributed by atoms with Gasteiger partial charge in [0.1, 0.15) is 4.88 Å². The molecule has 0 aromatic carbocycles. The van der Waals surface area contributed by atoms with E-state index in [0.717, 1.165) is 19.3 Å². The van der Waals surface area contributed by atoms with Gasteiger partial charge < -0.3 is 14.4 Å². The number of likely N-dealkylation sites (tertiary alicyclic amines) is 1. The number of carbonyl (C=O) groups excluding carboxylic acids is 3. The number of nitrogens with zero attached hydrogens (tertiary/aromatic N) is 1. The summed E-state index contributed by atoms with van der Waals surface area (Å²) in [5, 5.41) is 0. The zero-order chi connectivity index (χ0) is 17.8. The largest absolute Gasteiger partial charge is 0.469 e. The molecule has 0 bridgehead atoms. The summed E-state index contributed by atoms with van der Waals surface area (Å²) in [4.78, 5) is 39.4. The molecular weight excluding hydrogens is 342 g/mol. The second-order valence-corrected chi connectivity index (χ2v) is 7.66. The molecule has 1 aromatic heterocycles. The molecule has 1 saturated heterocycles. The number of esters is 2. The van der Waals surface area contributed by atoms with Crippen molar-refractivity contribution in [3.05, 3.63) is 21.4 Å². The highest BCUT2D eigenvalue weighted by atomic mass is 32.1. The molecule has 136 valence electrons. The number of fused-ring (bicyclic) bond motifs is 1.